The number of aliphatic hydroxyl groups is 1. The van der Waals surface area contributed by atoms with Crippen LogP contribution in [0.3, 0.4) is 0 Å². The summed E-state index contributed by atoms with van der Waals surface area (Å²) in [7, 11) is 0. The van der Waals surface area contributed by atoms with Crippen LogP contribution >= 0.6 is 0 Å². The molecule has 4 aromatic rings. The van der Waals surface area contributed by atoms with Gasteiger partial charge in [-0.2, -0.15) is 0 Å². The van der Waals surface area contributed by atoms with E-state index >= 15 is 0 Å². The first-order valence-corrected chi connectivity index (χ1v) is 12.6. The smallest absolute Gasteiger partial charge is 0.331 e. The second kappa shape index (κ2) is 8.35. The molecule has 11 heteroatoms. The number of esters is 1. The van der Waals surface area contributed by atoms with E-state index in [9.17, 15) is 40.5 Å². The Bertz CT molecular complexity index is 1760. The third-order valence-corrected chi connectivity index (χ3v) is 7.87. The predicted octanol–water partition coefficient (Wildman–Crippen LogP) is 3.30. The summed E-state index contributed by atoms with van der Waals surface area (Å²) in [6, 6.07) is 13.3. The van der Waals surface area contributed by atoms with E-state index in [-0.39, 0.29) is 63.2 Å². The Morgan fingerprint density at radius 2 is 1.41 bits per heavy atom. The van der Waals surface area contributed by atoms with Crippen LogP contribution in [-0.4, -0.2) is 47.8 Å². The van der Waals surface area contributed by atoms with Crippen LogP contribution in [0, 0.1) is 0 Å². The number of hydrogen-bond donors (Lipinski definition) is 7. The molecule has 11 nitrogen and oxygen atoms in total. The number of fused-ring (bicyclic) bond motifs is 6. The summed E-state index contributed by atoms with van der Waals surface area (Å²) in [5.74, 6) is -3.00. The van der Waals surface area contributed by atoms with Crippen LogP contribution in [0.2, 0.25) is 0 Å². The van der Waals surface area contributed by atoms with Crippen molar-refractivity contribution in [2.75, 3.05) is 0 Å². The van der Waals surface area contributed by atoms with Gasteiger partial charge in [0.05, 0.1) is 17.2 Å². The number of carbonyl (C=O) groups is 1. The third-order valence-electron chi connectivity index (χ3n) is 7.87. The Morgan fingerprint density at radius 1 is 0.683 bits per heavy atom. The van der Waals surface area contributed by atoms with E-state index in [2.05, 4.69) is 0 Å². The molecule has 4 aromatic carbocycles. The van der Waals surface area contributed by atoms with Gasteiger partial charge in [-0.25, -0.2) is 0 Å². The molecule has 7 N–H and O–H groups in total. The SMILES string of the molecule is O=C1Oc2cc(O)c3c(c2[C@]12c1c(O)cc(O)cc1O[C@@H]2c1ccc(O)c(O)c1)O[C@H](c1ccc(O)cc1)[C@H](O)C3. The van der Waals surface area contributed by atoms with Crippen molar-refractivity contribution in [3.8, 4) is 51.7 Å². The molecule has 0 aliphatic carbocycles. The van der Waals surface area contributed by atoms with Crippen molar-refractivity contribution in [1.82, 2.24) is 0 Å². The maximum absolute atomic E-state index is 14.0. The molecule has 0 fully saturated rings. The number of aliphatic hydroxyl groups excluding tert-OH is 1. The molecule has 208 valence electrons. The van der Waals surface area contributed by atoms with Crippen LogP contribution in [0.1, 0.15) is 40.0 Å². The van der Waals surface area contributed by atoms with Crippen LogP contribution in [0.15, 0.2) is 60.7 Å². The van der Waals surface area contributed by atoms with Gasteiger partial charge in [-0.1, -0.05) is 18.2 Å². The van der Waals surface area contributed by atoms with Crippen LogP contribution in [0.25, 0.3) is 0 Å². The van der Waals surface area contributed by atoms with Crippen molar-refractivity contribution in [1.29, 1.82) is 0 Å². The summed E-state index contributed by atoms with van der Waals surface area (Å²) < 4.78 is 18.2. The molecule has 0 bridgehead atoms. The summed E-state index contributed by atoms with van der Waals surface area (Å²) in [4.78, 5) is 14.0. The van der Waals surface area contributed by atoms with Crippen LogP contribution in [0.4, 0.5) is 0 Å². The lowest BCUT2D eigenvalue weighted by Crippen LogP contribution is -2.40. The monoisotopic (exact) mass is 558 g/mol. The van der Waals surface area contributed by atoms with Gasteiger partial charge in [-0.15, -0.1) is 0 Å². The minimum absolute atomic E-state index is 0.00867. The van der Waals surface area contributed by atoms with Gasteiger partial charge in [0.1, 0.15) is 52.5 Å². The molecule has 0 saturated heterocycles. The lowest BCUT2D eigenvalue weighted by Gasteiger charge is -2.35. The molecule has 0 aromatic heterocycles. The Kier molecular flexibility index (Phi) is 5.04. The second-order valence-electron chi connectivity index (χ2n) is 10.3. The number of hydrogen-bond acceptors (Lipinski definition) is 11. The van der Waals surface area contributed by atoms with E-state index in [0.717, 1.165) is 6.07 Å². The van der Waals surface area contributed by atoms with Crippen molar-refractivity contribution in [2.45, 2.75) is 30.1 Å². The van der Waals surface area contributed by atoms with E-state index in [4.69, 9.17) is 14.2 Å². The van der Waals surface area contributed by atoms with E-state index in [1.807, 2.05) is 0 Å². The fraction of sp³-hybridized carbons (Fsp3) is 0.167. The molecular formula is C30H22O11. The van der Waals surface area contributed by atoms with E-state index in [1.54, 1.807) is 12.1 Å². The molecule has 3 aliphatic heterocycles. The van der Waals surface area contributed by atoms with E-state index in [1.165, 1.54) is 42.5 Å². The summed E-state index contributed by atoms with van der Waals surface area (Å²) in [5.41, 5.74) is -1.00. The summed E-state index contributed by atoms with van der Waals surface area (Å²) >= 11 is 0. The number of phenols is 6. The summed E-state index contributed by atoms with van der Waals surface area (Å²) in [6.07, 6.45) is -3.48. The zero-order chi connectivity index (χ0) is 28.8. The van der Waals surface area contributed by atoms with Gasteiger partial charge in [-0.05, 0) is 35.4 Å². The van der Waals surface area contributed by atoms with Gasteiger partial charge in [0.25, 0.3) is 0 Å². The van der Waals surface area contributed by atoms with Gasteiger partial charge in [0.2, 0.25) is 0 Å². The third kappa shape index (κ3) is 3.32. The zero-order valence-electron chi connectivity index (χ0n) is 21.0. The van der Waals surface area contributed by atoms with Gasteiger partial charge in [0, 0.05) is 30.2 Å². The van der Waals surface area contributed by atoms with E-state index in [0.29, 0.717) is 5.56 Å². The lowest BCUT2D eigenvalue weighted by atomic mass is 9.69. The minimum atomic E-state index is -1.97. The first kappa shape index (κ1) is 24.7. The number of carbonyl (C=O) groups excluding carboxylic acids is 1. The normalized spacial score (nSPS) is 23.7. The molecule has 3 heterocycles. The average molecular weight is 558 g/mol. The summed E-state index contributed by atoms with van der Waals surface area (Å²) in [5, 5.41) is 73.2. The molecular weight excluding hydrogens is 536 g/mol. The highest BCUT2D eigenvalue weighted by Gasteiger charge is 2.66. The van der Waals surface area contributed by atoms with Crippen molar-refractivity contribution >= 4 is 5.97 Å². The maximum atomic E-state index is 14.0. The average Bonchev–Trinajstić information content (AvgIpc) is 3.41. The fourth-order valence-corrected chi connectivity index (χ4v) is 6.11. The van der Waals surface area contributed by atoms with Gasteiger partial charge in [0.15, 0.2) is 16.9 Å². The van der Waals surface area contributed by atoms with Crippen LogP contribution in [-0.2, 0) is 16.6 Å². The highest BCUT2D eigenvalue weighted by atomic mass is 16.6. The maximum Gasteiger partial charge on any atom is 0.331 e. The molecule has 0 unspecified atom stereocenters. The lowest BCUT2D eigenvalue weighted by molar-refractivity contribution is -0.139. The molecule has 41 heavy (non-hydrogen) atoms. The second-order valence-corrected chi connectivity index (χ2v) is 10.3. The van der Waals surface area contributed by atoms with Crippen molar-refractivity contribution in [2.24, 2.45) is 0 Å². The molecule has 0 amide bonds. The van der Waals surface area contributed by atoms with Crippen molar-refractivity contribution in [3.05, 3.63) is 88.5 Å². The Hall–Kier alpha value is -5.29. The molecule has 4 atom stereocenters. The predicted molar refractivity (Wildman–Crippen MR) is 139 cm³/mol. The van der Waals surface area contributed by atoms with Crippen molar-refractivity contribution in [3.63, 3.8) is 0 Å². The van der Waals surface area contributed by atoms with Crippen molar-refractivity contribution < 1.29 is 54.8 Å². The number of ether oxygens (including phenoxy) is 3. The first-order valence-electron chi connectivity index (χ1n) is 12.6. The van der Waals surface area contributed by atoms with Gasteiger partial charge in [-0.3, -0.25) is 4.79 Å². The Labute approximate surface area is 231 Å². The van der Waals surface area contributed by atoms with Gasteiger partial charge < -0.3 is 50.0 Å². The molecule has 0 saturated carbocycles. The number of aromatic hydroxyl groups is 6. The molecule has 1 spiro atoms. The molecule has 0 radical (unpaired) electrons. The summed E-state index contributed by atoms with van der Waals surface area (Å²) in [6.45, 7) is 0. The first-order chi connectivity index (χ1) is 19.6. The highest BCUT2D eigenvalue weighted by Crippen LogP contribution is 2.66. The number of rotatable bonds is 2. The fourth-order valence-electron chi connectivity index (χ4n) is 6.11. The zero-order valence-corrected chi connectivity index (χ0v) is 21.0. The number of benzene rings is 4. The van der Waals surface area contributed by atoms with Crippen LogP contribution in [0.5, 0.6) is 51.7 Å². The largest absolute Gasteiger partial charge is 0.508 e. The molecule has 3 aliphatic rings. The molecule has 7 rings (SSSR count). The van der Waals surface area contributed by atoms with Crippen LogP contribution < -0.4 is 14.2 Å². The standard InChI is InChI=1S/C30H22O11/c31-14-4-1-12(2-5-14)26-21(37)10-16-18(34)11-23-25(27(16)41-26)30(29(38)40-23)24-20(36)8-15(32)9-22(24)39-28(30)13-3-6-17(33)19(35)7-13/h1-9,11,21,26,28,31-37H,10H2/t21-,26-,28-,30+/m1/s1. The number of phenolic OH excluding ortho intramolecular Hbond substituents is 6. The Balaban J connectivity index is 1.52. The minimum Gasteiger partial charge on any atom is -0.508 e. The van der Waals surface area contributed by atoms with Gasteiger partial charge >= 0.3 is 5.97 Å². The Morgan fingerprint density at radius 3 is 2.15 bits per heavy atom. The quantitative estimate of drug-likeness (QED) is 0.109. The van der Waals surface area contributed by atoms with E-state index < -0.39 is 46.9 Å². The topological polar surface area (TPSA) is 186 Å². The highest BCUT2D eigenvalue weighted by molar-refractivity contribution is 6.00.